The second-order valence-electron chi connectivity index (χ2n) is 3.54. The molecule has 0 amide bonds. The fraction of sp³-hybridized carbons (Fsp3) is 0.909. The minimum absolute atomic E-state index is 0.736. The SMILES string of the molecule is CC(=O)O.CCC(CC)CCN(O)CC. The zero-order valence-corrected chi connectivity index (χ0v) is 10.4. The highest BCUT2D eigenvalue weighted by molar-refractivity contribution is 5.62. The first-order chi connectivity index (χ1) is 6.97. The molecule has 2 N–H and O–H groups in total. The molecule has 15 heavy (non-hydrogen) atoms. The van der Waals surface area contributed by atoms with E-state index in [1.165, 1.54) is 17.9 Å². The van der Waals surface area contributed by atoms with Crippen molar-refractivity contribution in [2.24, 2.45) is 5.92 Å². The molecule has 4 heteroatoms. The summed E-state index contributed by atoms with van der Waals surface area (Å²) in [7, 11) is 0. The van der Waals surface area contributed by atoms with Crippen LogP contribution in [0.25, 0.3) is 0 Å². The molecule has 0 aromatic heterocycles. The van der Waals surface area contributed by atoms with Crippen LogP contribution in [0.1, 0.15) is 47.0 Å². The Morgan fingerprint density at radius 3 is 1.93 bits per heavy atom. The van der Waals surface area contributed by atoms with E-state index in [4.69, 9.17) is 15.1 Å². The van der Waals surface area contributed by atoms with Gasteiger partial charge in [-0.3, -0.25) is 4.79 Å². The van der Waals surface area contributed by atoms with Gasteiger partial charge in [-0.15, -0.1) is 0 Å². The number of rotatable bonds is 6. The molecule has 0 aromatic rings. The van der Waals surface area contributed by atoms with Crippen LogP contribution in [0.4, 0.5) is 0 Å². The molecule has 0 aliphatic heterocycles. The summed E-state index contributed by atoms with van der Waals surface area (Å²) in [6, 6.07) is 0. The zero-order chi connectivity index (χ0) is 12.3. The maximum Gasteiger partial charge on any atom is 0.300 e. The van der Waals surface area contributed by atoms with Crippen LogP contribution >= 0.6 is 0 Å². The molecule has 0 spiro atoms. The van der Waals surface area contributed by atoms with Crippen LogP contribution in [0, 0.1) is 5.92 Å². The summed E-state index contributed by atoms with van der Waals surface area (Å²) in [6.45, 7) is 9.03. The number of carboxylic acid groups (broad SMARTS) is 1. The molecule has 0 saturated carbocycles. The Labute approximate surface area is 92.9 Å². The van der Waals surface area contributed by atoms with E-state index in [0.717, 1.165) is 32.4 Å². The van der Waals surface area contributed by atoms with E-state index in [0.29, 0.717) is 0 Å². The molecule has 0 saturated heterocycles. The average molecular weight is 219 g/mol. The van der Waals surface area contributed by atoms with Crippen LogP contribution < -0.4 is 0 Å². The number of hydroxylamine groups is 2. The third kappa shape index (κ3) is 16.1. The summed E-state index contributed by atoms with van der Waals surface area (Å²) in [5.41, 5.74) is 0. The second-order valence-corrected chi connectivity index (χ2v) is 3.54. The van der Waals surface area contributed by atoms with Gasteiger partial charge < -0.3 is 10.3 Å². The van der Waals surface area contributed by atoms with Gasteiger partial charge in [0.05, 0.1) is 0 Å². The minimum atomic E-state index is -0.833. The first-order valence-electron chi connectivity index (χ1n) is 5.61. The number of aliphatic carboxylic acids is 1. The van der Waals surface area contributed by atoms with E-state index in [1.807, 2.05) is 6.92 Å². The van der Waals surface area contributed by atoms with E-state index >= 15 is 0 Å². The fourth-order valence-corrected chi connectivity index (χ4v) is 1.19. The highest BCUT2D eigenvalue weighted by atomic mass is 16.5. The van der Waals surface area contributed by atoms with Gasteiger partial charge in [0, 0.05) is 20.0 Å². The predicted molar refractivity (Wildman–Crippen MR) is 61.0 cm³/mol. The highest BCUT2D eigenvalue weighted by Gasteiger charge is 2.04. The summed E-state index contributed by atoms with van der Waals surface area (Å²) >= 11 is 0. The number of hydrogen-bond acceptors (Lipinski definition) is 3. The van der Waals surface area contributed by atoms with E-state index in [2.05, 4.69) is 13.8 Å². The number of carbonyl (C=O) groups is 1. The summed E-state index contributed by atoms with van der Waals surface area (Å²) in [5.74, 6) is -0.0452. The standard InChI is InChI=1S/C9H21NO.C2H4O2/c1-4-9(5-2)7-8-10(11)6-3;1-2(3)4/h9,11H,4-8H2,1-3H3;1H3,(H,3,4). The van der Waals surface area contributed by atoms with Gasteiger partial charge in [0.1, 0.15) is 0 Å². The molecule has 0 unspecified atom stereocenters. The van der Waals surface area contributed by atoms with Crippen molar-refractivity contribution in [1.82, 2.24) is 5.06 Å². The Kier molecular flexibility index (Phi) is 12.8. The Bertz CT molecular complexity index is 143. The van der Waals surface area contributed by atoms with Crippen LogP contribution in [-0.4, -0.2) is 34.4 Å². The summed E-state index contributed by atoms with van der Waals surface area (Å²) in [6.07, 6.45) is 3.58. The van der Waals surface area contributed by atoms with Crippen LogP contribution in [0.2, 0.25) is 0 Å². The molecule has 0 aromatic carbocycles. The van der Waals surface area contributed by atoms with Gasteiger partial charge in [0.15, 0.2) is 0 Å². The first kappa shape index (κ1) is 16.8. The topological polar surface area (TPSA) is 60.8 Å². The molecule has 0 atom stereocenters. The van der Waals surface area contributed by atoms with Crippen LogP contribution in [-0.2, 0) is 4.79 Å². The Balaban J connectivity index is 0. The zero-order valence-electron chi connectivity index (χ0n) is 10.4. The molecular formula is C11H25NO3. The van der Waals surface area contributed by atoms with Crippen molar-refractivity contribution in [3.05, 3.63) is 0 Å². The van der Waals surface area contributed by atoms with Crippen molar-refractivity contribution in [2.45, 2.75) is 47.0 Å². The lowest BCUT2D eigenvalue weighted by molar-refractivity contribution is -0.134. The van der Waals surface area contributed by atoms with Crippen LogP contribution in [0.3, 0.4) is 0 Å². The van der Waals surface area contributed by atoms with Crippen LogP contribution in [0.15, 0.2) is 0 Å². The summed E-state index contributed by atoms with van der Waals surface area (Å²) in [5, 5.41) is 17.9. The normalized spacial score (nSPS) is 10.1. The van der Waals surface area contributed by atoms with Gasteiger partial charge in [-0.2, -0.15) is 5.06 Å². The third-order valence-electron chi connectivity index (χ3n) is 2.32. The number of nitrogens with zero attached hydrogens (tertiary/aromatic N) is 1. The highest BCUT2D eigenvalue weighted by Crippen LogP contribution is 2.12. The Morgan fingerprint density at radius 2 is 1.67 bits per heavy atom. The lowest BCUT2D eigenvalue weighted by Gasteiger charge is -2.16. The third-order valence-corrected chi connectivity index (χ3v) is 2.32. The first-order valence-corrected chi connectivity index (χ1v) is 5.61. The molecular weight excluding hydrogens is 194 g/mol. The molecule has 4 nitrogen and oxygen atoms in total. The van der Waals surface area contributed by atoms with Crippen LogP contribution in [0.5, 0.6) is 0 Å². The molecule has 0 bridgehead atoms. The molecule has 0 radical (unpaired) electrons. The Hall–Kier alpha value is -0.610. The van der Waals surface area contributed by atoms with Gasteiger partial charge in [0.25, 0.3) is 5.97 Å². The smallest absolute Gasteiger partial charge is 0.300 e. The van der Waals surface area contributed by atoms with Crippen molar-refractivity contribution in [2.75, 3.05) is 13.1 Å². The maximum atomic E-state index is 9.13. The lowest BCUT2D eigenvalue weighted by Crippen LogP contribution is -2.21. The summed E-state index contributed by atoms with van der Waals surface area (Å²) < 4.78 is 0. The quantitative estimate of drug-likeness (QED) is 0.674. The van der Waals surface area contributed by atoms with Gasteiger partial charge >= 0.3 is 0 Å². The van der Waals surface area contributed by atoms with Crippen molar-refractivity contribution in [3.63, 3.8) is 0 Å². The Morgan fingerprint density at radius 1 is 1.27 bits per heavy atom. The average Bonchev–Trinajstić information content (AvgIpc) is 2.18. The molecule has 0 aliphatic carbocycles. The molecule has 0 rings (SSSR count). The maximum absolute atomic E-state index is 9.13. The lowest BCUT2D eigenvalue weighted by atomic mass is 10.00. The number of carboxylic acids is 1. The van der Waals surface area contributed by atoms with E-state index < -0.39 is 5.97 Å². The van der Waals surface area contributed by atoms with Crippen molar-refractivity contribution in [3.8, 4) is 0 Å². The molecule has 92 valence electrons. The summed E-state index contributed by atoms with van der Waals surface area (Å²) in [4.78, 5) is 9.00. The van der Waals surface area contributed by atoms with E-state index in [1.54, 1.807) is 0 Å². The van der Waals surface area contributed by atoms with Gasteiger partial charge in [-0.1, -0.05) is 33.6 Å². The fourth-order valence-electron chi connectivity index (χ4n) is 1.19. The van der Waals surface area contributed by atoms with Crippen molar-refractivity contribution >= 4 is 5.97 Å². The molecule has 0 fully saturated rings. The molecule has 0 aliphatic rings. The van der Waals surface area contributed by atoms with Gasteiger partial charge in [-0.25, -0.2) is 0 Å². The predicted octanol–water partition coefficient (Wildman–Crippen LogP) is 2.61. The second kappa shape index (κ2) is 11.5. The van der Waals surface area contributed by atoms with Gasteiger partial charge in [0.2, 0.25) is 0 Å². The number of hydrogen-bond donors (Lipinski definition) is 2. The monoisotopic (exact) mass is 219 g/mol. The molecule has 0 heterocycles. The van der Waals surface area contributed by atoms with E-state index in [9.17, 15) is 0 Å². The van der Waals surface area contributed by atoms with Gasteiger partial charge in [-0.05, 0) is 12.3 Å². The minimum Gasteiger partial charge on any atom is -0.481 e. The van der Waals surface area contributed by atoms with E-state index in [-0.39, 0.29) is 0 Å². The largest absolute Gasteiger partial charge is 0.481 e. The van der Waals surface area contributed by atoms with Crippen molar-refractivity contribution < 1.29 is 15.1 Å². The van der Waals surface area contributed by atoms with Crippen molar-refractivity contribution in [1.29, 1.82) is 0 Å².